The predicted molar refractivity (Wildman–Crippen MR) is 63.4 cm³/mol. The lowest BCUT2D eigenvalue weighted by Gasteiger charge is -2.11. The van der Waals surface area contributed by atoms with Crippen molar-refractivity contribution in [1.82, 2.24) is 10.6 Å². The maximum Gasteiger partial charge on any atom is 0.315 e. The first kappa shape index (κ1) is 12.6. The van der Waals surface area contributed by atoms with Gasteiger partial charge in [-0.2, -0.15) is 11.8 Å². The number of urea groups is 1. The maximum atomic E-state index is 11.3. The lowest BCUT2D eigenvalue weighted by Crippen LogP contribution is -2.42. The standard InChI is InChI=1S/C10H20N2O2S/c1-15-7-3-2-5-11-10(13)12-9-4-6-14-8-9/h9H,2-8H2,1H3,(H2,11,12,13). The van der Waals surface area contributed by atoms with Crippen molar-refractivity contribution >= 4 is 17.8 Å². The molecule has 1 fully saturated rings. The number of amides is 2. The Bertz CT molecular complexity index is 184. The summed E-state index contributed by atoms with van der Waals surface area (Å²) in [4.78, 5) is 11.3. The number of nitrogens with one attached hydrogen (secondary N) is 2. The van der Waals surface area contributed by atoms with Crippen molar-refractivity contribution in [2.45, 2.75) is 25.3 Å². The average Bonchev–Trinajstić information content (AvgIpc) is 2.70. The lowest BCUT2D eigenvalue weighted by atomic mass is 10.3. The minimum atomic E-state index is -0.0605. The molecule has 1 rings (SSSR count). The van der Waals surface area contributed by atoms with Crippen LogP contribution in [0.25, 0.3) is 0 Å². The summed E-state index contributed by atoms with van der Waals surface area (Å²) in [6.07, 6.45) is 5.24. The highest BCUT2D eigenvalue weighted by Crippen LogP contribution is 2.02. The summed E-state index contributed by atoms with van der Waals surface area (Å²) >= 11 is 1.84. The summed E-state index contributed by atoms with van der Waals surface area (Å²) in [6.45, 7) is 2.18. The van der Waals surface area contributed by atoms with Gasteiger partial charge >= 0.3 is 6.03 Å². The number of rotatable bonds is 6. The number of hydrogen-bond donors (Lipinski definition) is 2. The van der Waals surface area contributed by atoms with Crippen molar-refractivity contribution in [2.75, 3.05) is 31.8 Å². The normalized spacial score (nSPS) is 20.2. The minimum absolute atomic E-state index is 0.0605. The van der Waals surface area contributed by atoms with E-state index in [-0.39, 0.29) is 12.1 Å². The van der Waals surface area contributed by atoms with Gasteiger partial charge in [0.1, 0.15) is 0 Å². The Labute approximate surface area is 95.5 Å². The van der Waals surface area contributed by atoms with Crippen molar-refractivity contribution < 1.29 is 9.53 Å². The van der Waals surface area contributed by atoms with Gasteiger partial charge in [0.2, 0.25) is 0 Å². The van der Waals surface area contributed by atoms with Crippen LogP contribution >= 0.6 is 11.8 Å². The van der Waals surface area contributed by atoms with Gasteiger partial charge in [-0.1, -0.05) is 0 Å². The molecule has 0 aromatic heterocycles. The van der Waals surface area contributed by atoms with Crippen molar-refractivity contribution in [1.29, 1.82) is 0 Å². The van der Waals surface area contributed by atoms with Gasteiger partial charge in [0.25, 0.3) is 0 Å². The topological polar surface area (TPSA) is 50.4 Å². The van der Waals surface area contributed by atoms with Crippen LogP contribution in [0.1, 0.15) is 19.3 Å². The lowest BCUT2D eigenvalue weighted by molar-refractivity contribution is 0.188. The van der Waals surface area contributed by atoms with Crippen LogP contribution in [0.2, 0.25) is 0 Å². The molecule has 4 nitrogen and oxygen atoms in total. The zero-order valence-corrected chi connectivity index (χ0v) is 10.1. The maximum absolute atomic E-state index is 11.3. The van der Waals surface area contributed by atoms with E-state index in [1.807, 2.05) is 11.8 Å². The molecule has 15 heavy (non-hydrogen) atoms. The Balaban J connectivity index is 1.93. The van der Waals surface area contributed by atoms with Crippen LogP contribution in [-0.4, -0.2) is 43.8 Å². The van der Waals surface area contributed by atoms with E-state index in [1.54, 1.807) is 0 Å². The van der Waals surface area contributed by atoms with Crippen molar-refractivity contribution in [3.8, 4) is 0 Å². The second-order valence-electron chi connectivity index (χ2n) is 3.66. The van der Waals surface area contributed by atoms with Crippen LogP contribution in [-0.2, 0) is 4.74 Å². The summed E-state index contributed by atoms with van der Waals surface area (Å²) in [5.41, 5.74) is 0. The monoisotopic (exact) mass is 232 g/mol. The molecule has 1 aliphatic heterocycles. The average molecular weight is 232 g/mol. The molecule has 0 aromatic carbocycles. The first-order valence-corrected chi connectivity index (χ1v) is 6.83. The van der Waals surface area contributed by atoms with Crippen LogP contribution in [0.4, 0.5) is 4.79 Å². The zero-order chi connectivity index (χ0) is 10.9. The molecule has 0 aromatic rings. The highest BCUT2D eigenvalue weighted by molar-refractivity contribution is 7.98. The summed E-state index contributed by atoms with van der Waals surface area (Å²) in [5.74, 6) is 1.17. The highest BCUT2D eigenvalue weighted by atomic mass is 32.2. The second kappa shape index (κ2) is 7.82. The molecule has 0 radical (unpaired) electrons. The molecule has 1 saturated heterocycles. The van der Waals surface area contributed by atoms with Gasteiger partial charge in [-0.3, -0.25) is 0 Å². The SMILES string of the molecule is CSCCCCNC(=O)NC1CCOC1. The van der Waals surface area contributed by atoms with E-state index in [2.05, 4.69) is 16.9 Å². The number of thioether (sulfide) groups is 1. The molecule has 1 aliphatic rings. The van der Waals surface area contributed by atoms with E-state index < -0.39 is 0 Å². The number of carbonyl (C=O) groups excluding carboxylic acids is 1. The molecule has 0 bridgehead atoms. The van der Waals surface area contributed by atoms with E-state index >= 15 is 0 Å². The molecule has 1 heterocycles. The second-order valence-corrected chi connectivity index (χ2v) is 4.65. The summed E-state index contributed by atoms with van der Waals surface area (Å²) in [5, 5.41) is 5.74. The fraction of sp³-hybridized carbons (Fsp3) is 0.900. The van der Waals surface area contributed by atoms with Gasteiger partial charge in [-0.05, 0) is 31.3 Å². The first-order chi connectivity index (χ1) is 7.33. The van der Waals surface area contributed by atoms with Crippen molar-refractivity contribution in [2.24, 2.45) is 0 Å². The molecule has 5 heteroatoms. The smallest absolute Gasteiger partial charge is 0.315 e. The number of ether oxygens (including phenoxy) is 1. The fourth-order valence-electron chi connectivity index (χ4n) is 1.46. The highest BCUT2D eigenvalue weighted by Gasteiger charge is 2.16. The third-order valence-corrected chi connectivity index (χ3v) is 3.02. The molecule has 0 saturated carbocycles. The van der Waals surface area contributed by atoms with Gasteiger partial charge in [0.15, 0.2) is 0 Å². The molecule has 88 valence electrons. The molecular formula is C10H20N2O2S. The Morgan fingerprint density at radius 3 is 3.07 bits per heavy atom. The molecule has 0 spiro atoms. The molecule has 0 aliphatic carbocycles. The van der Waals surface area contributed by atoms with Crippen LogP contribution in [0.3, 0.4) is 0 Å². The first-order valence-electron chi connectivity index (χ1n) is 5.44. The zero-order valence-electron chi connectivity index (χ0n) is 9.25. The van der Waals surface area contributed by atoms with E-state index in [0.29, 0.717) is 6.61 Å². The van der Waals surface area contributed by atoms with Crippen LogP contribution in [0.5, 0.6) is 0 Å². The Hall–Kier alpha value is -0.420. The van der Waals surface area contributed by atoms with E-state index in [1.165, 1.54) is 5.75 Å². The largest absolute Gasteiger partial charge is 0.379 e. The van der Waals surface area contributed by atoms with Gasteiger partial charge in [-0.25, -0.2) is 4.79 Å². The van der Waals surface area contributed by atoms with Crippen LogP contribution in [0, 0.1) is 0 Å². The number of carbonyl (C=O) groups is 1. The molecule has 1 atom stereocenters. The van der Waals surface area contributed by atoms with Crippen molar-refractivity contribution in [3.63, 3.8) is 0 Å². The van der Waals surface area contributed by atoms with Crippen molar-refractivity contribution in [3.05, 3.63) is 0 Å². The van der Waals surface area contributed by atoms with Crippen LogP contribution < -0.4 is 10.6 Å². The molecule has 1 unspecified atom stereocenters. The number of hydrogen-bond acceptors (Lipinski definition) is 3. The van der Waals surface area contributed by atoms with E-state index in [0.717, 1.165) is 32.4 Å². The summed E-state index contributed by atoms with van der Waals surface area (Å²) in [6, 6.07) is 0.144. The van der Waals surface area contributed by atoms with E-state index in [4.69, 9.17) is 4.74 Å². The third-order valence-electron chi connectivity index (χ3n) is 2.33. The van der Waals surface area contributed by atoms with Crippen LogP contribution in [0.15, 0.2) is 0 Å². The Morgan fingerprint density at radius 2 is 2.40 bits per heavy atom. The quantitative estimate of drug-likeness (QED) is 0.677. The molecule has 2 N–H and O–H groups in total. The predicted octanol–water partition coefficient (Wildman–Crippen LogP) is 1.22. The molecular weight excluding hydrogens is 212 g/mol. The Morgan fingerprint density at radius 1 is 1.53 bits per heavy atom. The minimum Gasteiger partial charge on any atom is -0.379 e. The summed E-state index contributed by atoms with van der Waals surface area (Å²) < 4.78 is 5.17. The van der Waals surface area contributed by atoms with Gasteiger partial charge in [0.05, 0.1) is 12.6 Å². The van der Waals surface area contributed by atoms with Gasteiger partial charge < -0.3 is 15.4 Å². The third kappa shape index (κ3) is 5.89. The fourth-order valence-corrected chi connectivity index (χ4v) is 1.95. The van der Waals surface area contributed by atoms with Gasteiger partial charge in [0, 0.05) is 13.2 Å². The number of unbranched alkanes of at least 4 members (excludes halogenated alkanes) is 1. The summed E-state index contributed by atoms with van der Waals surface area (Å²) in [7, 11) is 0. The molecule has 2 amide bonds. The Kier molecular flexibility index (Phi) is 6.59. The van der Waals surface area contributed by atoms with E-state index in [9.17, 15) is 4.79 Å². The van der Waals surface area contributed by atoms with Gasteiger partial charge in [-0.15, -0.1) is 0 Å².